The molecule has 1 aromatic rings. The SMILES string of the molecule is CC.Cc1cccc(P)c1C. The second kappa shape index (κ2) is 5.32. The molecule has 0 bridgehead atoms. The molecule has 0 aliphatic carbocycles. The first kappa shape index (κ1) is 10.7. The van der Waals surface area contributed by atoms with Gasteiger partial charge in [-0.25, -0.2) is 0 Å². The highest BCUT2D eigenvalue weighted by molar-refractivity contribution is 7.27. The van der Waals surface area contributed by atoms with Crippen LogP contribution in [-0.2, 0) is 0 Å². The Morgan fingerprint density at radius 3 is 2.00 bits per heavy atom. The summed E-state index contributed by atoms with van der Waals surface area (Å²) in [5.74, 6) is 0. The van der Waals surface area contributed by atoms with Crippen LogP contribution in [0.15, 0.2) is 18.2 Å². The number of benzene rings is 1. The van der Waals surface area contributed by atoms with Gasteiger partial charge in [-0.2, -0.15) is 0 Å². The van der Waals surface area contributed by atoms with Gasteiger partial charge in [-0.05, 0) is 30.3 Å². The summed E-state index contributed by atoms with van der Waals surface area (Å²) in [5.41, 5.74) is 2.74. The van der Waals surface area contributed by atoms with Crippen molar-refractivity contribution in [3.63, 3.8) is 0 Å². The lowest BCUT2D eigenvalue weighted by Crippen LogP contribution is -1.97. The van der Waals surface area contributed by atoms with Gasteiger partial charge in [-0.1, -0.05) is 32.0 Å². The Kier molecular flexibility index (Phi) is 5.15. The van der Waals surface area contributed by atoms with Crippen LogP contribution in [-0.4, -0.2) is 0 Å². The van der Waals surface area contributed by atoms with E-state index in [1.54, 1.807) is 0 Å². The Labute approximate surface area is 72.2 Å². The molecule has 1 rings (SSSR count). The molecular formula is C10H17P. The average molecular weight is 168 g/mol. The van der Waals surface area contributed by atoms with Crippen molar-refractivity contribution in [2.45, 2.75) is 27.7 Å². The van der Waals surface area contributed by atoms with Gasteiger partial charge in [-0.15, -0.1) is 9.24 Å². The van der Waals surface area contributed by atoms with E-state index in [9.17, 15) is 0 Å². The summed E-state index contributed by atoms with van der Waals surface area (Å²) in [7, 11) is 2.72. The summed E-state index contributed by atoms with van der Waals surface area (Å²) in [6.45, 7) is 8.26. The molecular weight excluding hydrogens is 151 g/mol. The Hall–Kier alpha value is -0.350. The molecule has 0 radical (unpaired) electrons. The van der Waals surface area contributed by atoms with Crippen molar-refractivity contribution in [1.29, 1.82) is 0 Å². The second-order valence-electron chi connectivity index (χ2n) is 2.29. The minimum atomic E-state index is 1.30. The molecule has 11 heavy (non-hydrogen) atoms. The lowest BCUT2D eigenvalue weighted by Gasteiger charge is -2.00. The average Bonchev–Trinajstić information content (AvgIpc) is 2.04. The predicted molar refractivity (Wildman–Crippen MR) is 56.6 cm³/mol. The zero-order valence-corrected chi connectivity index (χ0v) is 8.96. The molecule has 0 heterocycles. The van der Waals surface area contributed by atoms with Gasteiger partial charge in [0.05, 0.1) is 0 Å². The normalized spacial score (nSPS) is 8.45. The minimum absolute atomic E-state index is 1.30. The molecule has 1 unspecified atom stereocenters. The zero-order valence-electron chi connectivity index (χ0n) is 7.81. The summed E-state index contributed by atoms with van der Waals surface area (Å²) in [6.07, 6.45) is 0. The fourth-order valence-electron chi connectivity index (χ4n) is 0.774. The summed E-state index contributed by atoms with van der Waals surface area (Å²) in [5, 5.41) is 1.30. The van der Waals surface area contributed by atoms with Crippen molar-refractivity contribution in [1.82, 2.24) is 0 Å². The first-order valence-corrected chi connectivity index (χ1v) is 4.61. The Bertz CT molecular complexity index is 196. The maximum absolute atomic E-state index is 2.72. The van der Waals surface area contributed by atoms with Gasteiger partial charge in [0.15, 0.2) is 0 Å². The number of hydrogen-bond acceptors (Lipinski definition) is 0. The topological polar surface area (TPSA) is 0 Å². The van der Waals surface area contributed by atoms with Crippen LogP contribution in [0.2, 0.25) is 0 Å². The van der Waals surface area contributed by atoms with E-state index in [4.69, 9.17) is 0 Å². The molecule has 0 aromatic heterocycles. The molecule has 1 atom stereocenters. The van der Waals surface area contributed by atoms with Crippen molar-refractivity contribution in [3.8, 4) is 0 Å². The van der Waals surface area contributed by atoms with Crippen molar-refractivity contribution < 1.29 is 0 Å². The summed E-state index contributed by atoms with van der Waals surface area (Å²) < 4.78 is 0. The van der Waals surface area contributed by atoms with E-state index in [0.29, 0.717) is 0 Å². The van der Waals surface area contributed by atoms with Crippen molar-refractivity contribution in [2.75, 3.05) is 0 Å². The molecule has 0 nitrogen and oxygen atoms in total. The molecule has 0 fully saturated rings. The molecule has 0 saturated carbocycles. The molecule has 62 valence electrons. The van der Waals surface area contributed by atoms with Gasteiger partial charge in [0.2, 0.25) is 0 Å². The minimum Gasteiger partial charge on any atom is -0.105 e. The van der Waals surface area contributed by atoms with Crippen molar-refractivity contribution in [2.24, 2.45) is 0 Å². The lowest BCUT2D eigenvalue weighted by molar-refractivity contribution is 1.37. The van der Waals surface area contributed by atoms with E-state index in [2.05, 4.69) is 41.3 Å². The quantitative estimate of drug-likeness (QED) is 0.522. The summed E-state index contributed by atoms with van der Waals surface area (Å²) >= 11 is 0. The van der Waals surface area contributed by atoms with Crippen LogP contribution in [0.1, 0.15) is 25.0 Å². The van der Waals surface area contributed by atoms with E-state index < -0.39 is 0 Å². The first-order chi connectivity index (χ1) is 5.22. The highest BCUT2D eigenvalue weighted by Crippen LogP contribution is 2.04. The molecule has 1 aromatic carbocycles. The van der Waals surface area contributed by atoms with Crippen LogP contribution in [0.3, 0.4) is 0 Å². The second-order valence-corrected chi connectivity index (χ2v) is 2.91. The molecule has 0 aliphatic rings. The van der Waals surface area contributed by atoms with Crippen LogP contribution in [0, 0.1) is 13.8 Å². The van der Waals surface area contributed by atoms with Crippen LogP contribution in [0.4, 0.5) is 0 Å². The van der Waals surface area contributed by atoms with Gasteiger partial charge in [0.1, 0.15) is 0 Å². The third-order valence-electron chi connectivity index (χ3n) is 1.65. The molecule has 0 amide bonds. The Morgan fingerprint density at radius 2 is 1.64 bits per heavy atom. The monoisotopic (exact) mass is 168 g/mol. The fourth-order valence-corrected chi connectivity index (χ4v) is 1.11. The van der Waals surface area contributed by atoms with Crippen LogP contribution >= 0.6 is 9.24 Å². The molecule has 0 saturated heterocycles. The van der Waals surface area contributed by atoms with Crippen molar-refractivity contribution >= 4 is 14.5 Å². The van der Waals surface area contributed by atoms with E-state index in [1.165, 1.54) is 16.4 Å². The van der Waals surface area contributed by atoms with Crippen LogP contribution in [0.25, 0.3) is 0 Å². The van der Waals surface area contributed by atoms with Gasteiger partial charge >= 0.3 is 0 Å². The molecule has 0 N–H and O–H groups in total. The highest BCUT2D eigenvalue weighted by atomic mass is 31.0. The Balaban J connectivity index is 0.000000461. The summed E-state index contributed by atoms with van der Waals surface area (Å²) in [4.78, 5) is 0. The van der Waals surface area contributed by atoms with E-state index in [1.807, 2.05) is 13.8 Å². The largest absolute Gasteiger partial charge is 0.105 e. The highest BCUT2D eigenvalue weighted by Gasteiger charge is 1.92. The standard InChI is InChI=1S/C8H11P.C2H6/c1-6-4-3-5-8(9)7(6)2;1-2/h3-5H,9H2,1-2H3;1-2H3. The van der Waals surface area contributed by atoms with E-state index >= 15 is 0 Å². The molecule has 0 aliphatic heterocycles. The maximum Gasteiger partial charge on any atom is -0.0271 e. The third-order valence-corrected chi connectivity index (χ3v) is 2.27. The third kappa shape index (κ3) is 3.03. The van der Waals surface area contributed by atoms with Gasteiger partial charge in [0.25, 0.3) is 0 Å². The molecule has 0 spiro atoms. The maximum atomic E-state index is 2.72. The smallest absolute Gasteiger partial charge is 0.0271 e. The van der Waals surface area contributed by atoms with Crippen LogP contribution in [0.5, 0.6) is 0 Å². The first-order valence-electron chi connectivity index (χ1n) is 4.03. The van der Waals surface area contributed by atoms with Crippen molar-refractivity contribution in [3.05, 3.63) is 29.3 Å². The van der Waals surface area contributed by atoms with Crippen LogP contribution < -0.4 is 5.30 Å². The van der Waals surface area contributed by atoms with E-state index in [-0.39, 0.29) is 0 Å². The number of hydrogen-bond donors (Lipinski definition) is 0. The van der Waals surface area contributed by atoms with Gasteiger partial charge in [0, 0.05) is 0 Å². The molecule has 1 heteroatoms. The fraction of sp³-hybridized carbons (Fsp3) is 0.400. The number of aryl methyl sites for hydroxylation is 1. The number of rotatable bonds is 0. The van der Waals surface area contributed by atoms with E-state index in [0.717, 1.165) is 0 Å². The van der Waals surface area contributed by atoms with Gasteiger partial charge in [-0.3, -0.25) is 0 Å². The summed E-state index contributed by atoms with van der Waals surface area (Å²) in [6, 6.07) is 6.31. The lowest BCUT2D eigenvalue weighted by atomic mass is 10.1. The predicted octanol–water partition coefficient (Wildman–Crippen LogP) is 2.83. The Morgan fingerprint density at radius 1 is 1.09 bits per heavy atom. The zero-order chi connectivity index (χ0) is 8.85. The van der Waals surface area contributed by atoms with Gasteiger partial charge < -0.3 is 0 Å².